The number of carbonyl (C=O) groups is 1. The minimum atomic E-state index is 0. The molecular weight excluding hydrogens is 390 g/mol. The van der Waals surface area contributed by atoms with Gasteiger partial charge in [-0.1, -0.05) is 12.1 Å². The van der Waals surface area contributed by atoms with Crippen LogP contribution in [0.1, 0.15) is 40.8 Å². The van der Waals surface area contributed by atoms with Gasteiger partial charge in [0.15, 0.2) is 0 Å². The largest absolute Gasteiger partial charge is 0.339 e. The first kappa shape index (κ1) is 19.6. The number of hydrogen-bond donors (Lipinski definition) is 1. The molecule has 2 aromatic heterocycles. The number of benzene rings is 1. The van der Waals surface area contributed by atoms with E-state index < -0.39 is 0 Å². The van der Waals surface area contributed by atoms with Gasteiger partial charge in [-0.2, -0.15) is 5.10 Å². The van der Waals surface area contributed by atoms with Crippen LogP contribution in [0.3, 0.4) is 0 Å². The van der Waals surface area contributed by atoms with Crippen molar-refractivity contribution in [2.75, 3.05) is 19.6 Å². The quantitative estimate of drug-likeness (QED) is 0.710. The van der Waals surface area contributed by atoms with E-state index in [1.165, 1.54) is 0 Å². The third-order valence-electron chi connectivity index (χ3n) is 5.68. The molecule has 8 nitrogen and oxygen atoms in total. The fourth-order valence-electron chi connectivity index (χ4n) is 4.19. The molecule has 0 unspecified atom stereocenters. The van der Waals surface area contributed by atoms with E-state index in [0.29, 0.717) is 11.5 Å². The first-order valence-corrected chi connectivity index (χ1v) is 9.82. The Kier molecular flexibility index (Phi) is 5.64. The Bertz CT molecular complexity index is 977. The van der Waals surface area contributed by atoms with Crippen molar-refractivity contribution in [2.45, 2.75) is 31.8 Å². The number of piperidine rings is 1. The number of amides is 1. The highest BCUT2D eigenvalue weighted by Gasteiger charge is 2.30. The molecule has 0 radical (unpaired) electrons. The van der Waals surface area contributed by atoms with Crippen LogP contribution in [0, 0.1) is 0 Å². The first-order valence-electron chi connectivity index (χ1n) is 9.82. The molecule has 2 aliphatic rings. The molecule has 3 aromatic rings. The summed E-state index contributed by atoms with van der Waals surface area (Å²) in [6.45, 7) is 4.14. The standard InChI is InChI=1S/C20H23N7O.ClH/c28-20(16-4-1-2-5-17(16)27-10-3-8-22-27)25-11-6-15(7-12-25)19-24-23-18-14-21-9-13-26(18)19;/h1-5,8,10,15,21H,6-7,9,11-14H2;1H. The second kappa shape index (κ2) is 8.34. The molecule has 0 bridgehead atoms. The molecule has 29 heavy (non-hydrogen) atoms. The van der Waals surface area contributed by atoms with Gasteiger partial charge in [0, 0.05) is 44.5 Å². The number of carbonyl (C=O) groups excluding carboxylic acids is 1. The molecule has 4 heterocycles. The van der Waals surface area contributed by atoms with E-state index in [9.17, 15) is 4.79 Å². The Balaban J connectivity index is 0.00000205. The zero-order chi connectivity index (χ0) is 18.9. The van der Waals surface area contributed by atoms with Crippen LogP contribution in [-0.2, 0) is 13.1 Å². The van der Waals surface area contributed by atoms with E-state index >= 15 is 0 Å². The molecule has 5 rings (SSSR count). The highest BCUT2D eigenvalue weighted by Crippen LogP contribution is 2.29. The van der Waals surface area contributed by atoms with Crippen molar-refractivity contribution in [1.82, 2.24) is 34.8 Å². The molecule has 2 aliphatic heterocycles. The summed E-state index contributed by atoms with van der Waals surface area (Å²) in [5.41, 5.74) is 1.51. The molecule has 9 heteroatoms. The highest BCUT2D eigenvalue weighted by molar-refractivity contribution is 5.97. The van der Waals surface area contributed by atoms with Crippen LogP contribution in [0.25, 0.3) is 5.69 Å². The van der Waals surface area contributed by atoms with E-state index in [1.54, 1.807) is 10.9 Å². The lowest BCUT2D eigenvalue weighted by Crippen LogP contribution is -2.39. The Labute approximate surface area is 175 Å². The van der Waals surface area contributed by atoms with E-state index in [2.05, 4.69) is 25.2 Å². The second-order valence-corrected chi connectivity index (χ2v) is 7.34. The molecule has 1 fully saturated rings. The predicted octanol–water partition coefficient (Wildman–Crippen LogP) is 2.01. The number of fused-ring (bicyclic) bond motifs is 1. The fourth-order valence-corrected chi connectivity index (χ4v) is 4.19. The number of nitrogens with zero attached hydrogens (tertiary/aromatic N) is 6. The number of para-hydroxylation sites is 1. The van der Waals surface area contributed by atoms with Crippen molar-refractivity contribution in [3.05, 3.63) is 59.9 Å². The van der Waals surface area contributed by atoms with Crippen LogP contribution < -0.4 is 5.32 Å². The maximum absolute atomic E-state index is 13.2. The summed E-state index contributed by atoms with van der Waals surface area (Å²) in [6.07, 6.45) is 5.42. The predicted molar refractivity (Wildman–Crippen MR) is 110 cm³/mol. The lowest BCUT2D eigenvalue weighted by atomic mass is 9.95. The fraction of sp³-hybridized carbons (Fsp3) is 0.400. The van der Waals surface area contributed by atoms with Gasteiger partial charge >= 0.3 is 0 Å². The molecule has 1 aromatic carbocycles. The van der Waals surface area contributed by atoms with Gasteiger partial charge in [-0.05, 0) is 31.0 Å². The number of likely N-dealkylation sites (tertiary alicyclic amines) is 1. The molecule has 0 saturated carbocycles. The number of hydrogen-bond acceptors (Lipinski definition) is 5. The van der Waals surface area contributed by atoms with Crippen molar-refractivity contribution in [3.8, 4) is 5.69 Å². The SMILES string of the molecule is Cl.O=C(c1ccccc1-n1cccn1)N1CCC(c2nnc3n2CCNC3)CC1. The van der Waals surface area contributed by atoms with Gasteiger partial charge in [-0.3, -0.25) is 4.79 Å². The molecule has 1 amide bonds. The Morgan fingerprint density at radius 3 is 2.69 bits per heavy atom. The summed E-state index contributed by atoms with van der Waals surface area (Å²) in [7, 11) is 0. The number of halogens is 1. The van der Waals surface area contributed by atoms with E-state index in [0.717, 1.165) is 62.9 Å². The summed E-state index contributed by atoms with van der Waals surface area (Å²) >= 11 is 0. The molecular formula is C20H24ClN7O. The monoisotopic (exact) mass is 413 g/mol. The molecule has 0 spiro atoms. The summed E-state index contributed by atoms with van der Waals surface area (Å²) in [5, 5.41) is 16.4. The van der Waals surface area contributed by atoms with Gasteiger partial charge in [-0.25, -0.2) is 4.68 Å². The number of nitrogens with one attached hydrogen (secondary N) is 1. The van der Waals surface area contributed by atoms with Crippen LogP contribution >= 0.6 is 12.4 Å². The Hall–Kier alpha value is -2.71. The zero-order valence-corrected chi connectivity index (χ0v) is 16.9. The third kappa shape index (κ3) is 3.65. The molecule has 0 atom stereocenters. The van der Waals surface area contributed by atoms with Crippen LogP contribution in [0.5, 0.6) is 0 Å². The zero-order valence-electron chi connectivity index (χ0n) is 16.1. The van der Waals surface area contributed by atoms with Gasteiger partial charge < -0.3 is 14.8 Å². The molecule has 1 saturated heterocycles. The number of aromatic nitrogens is 5. The van der Waals surface area contributed by atoms with Crippen LogP contribution in [0.4, 0.5) is 0 Å². The topological polar surface area (TPSA) is 80.9 Å². The van der Waals surface area contributed by atoms with Crippen molar-refractivity contribution in [1.29, 1.82) is 0 Å². The van der Waals surface area contributed by atoms with E-state index in [-0.39, 0.29) is 18.3 Å². The lowest BCUT2D eigenvalue weighted by Gasteiger charge is -2.32. The van der Waals surface area contributed by atoms with Gasteiger partial charge in [0.1, 0.15) is 11.6 Å². The van der Waals surface area contributed by atoms with E-state index in [4.69, 9.17) is 0 Å². The van der Waals surface area contributed by atoms with Crippen LogP contribution in [0.2, 0.25) is 0 Å². The highest BCUT2D eigenvalue weighted by atomic mass is 35.5. The van der Waals surface area contributed by atoms with E-state index in [1.807, 2.05) is 41.4 Å². The minimum Gasteiger partial charge on any atom is -0.339 e. The maximum atomic E-state index is 13.2. The molecule has 152 valence electrons. The van der Waals surface area contributed by atoms with Crippen molar-refractivity contribution in [2.24, 2.45) is 0 Å². The summed E-state index contributed by atoms with van der Waals surface area (Å²) in [5.74, 6) is 2.54. The van der Waals surface area contributed by atoms with Crippen molar-refractivity contribution < 1.29 is 4.79 Å². The molecule has 1 N–H and O–H groups in total. The first-order chi connectivity index (χ1) is 13.8. The van der Waals surface area contributed by atoms with Crippen molar-refractivity contribution >= 4 is 18.3 Å². The third-order valence-corrected chi connectivity index (χ3v) is 5.68. The second-order valence-electron chi connectivity index (χ2n) is 7.34. The van der Waals surface area contributed by atoms with Gasteiger partial charge in [0.05, 0.1) is 17.8 Å². The molecule has 0 aliphatic carbocycles. The summed E-state index contributed by atoms with van der Waals surface area (Å²) in [4.78, 5) is 15.1. The minimum absolute atomic E-state index is 0. The van der Waals surface area contributed by atoms with Crippen LogP contribution in [0.15, 0.2) is 42.7 Å². The Morgan fingerprint density at radius 2 is 1.90 bits per heavy atom. The average Bonchev–Trinajstić information content (AvgIpc) is 3.44. The smallest absolute Gasteiger partial charge is 0.256 e. The number of rotatable bonds is 3. The summed E-state index contributed by atoms with van der Waals surface area (Å²) < 4.78 is 4.00. The normalized spacial score (nSPS) is 16.9. The lowest BCUT2D eigenvalue weighted by molar-refractivity contribution is 0.0710. The van der Waals surface area contributed by atoms with Gasteiger partial charge in [0.2, 0.25) is 0 Å². The van der Waals surface area contributed by atoms with Gasteiger partial charge in [0.25, 0.3) is 5.91 Å². The maximum Gasteiger partial charge on any atom is 0.256 e. The van der Waals surface area contributed by atoms with Gasteiger partial charge in [-0.15, -0.1) is 22.6 Å². The van der Waals surface area contributed by atoms with Crippen LogP contribution in [-0.4, -0.2) is 55.0 Å². The van der Waals surface area contributed by atoms with Crippen molar-refractivity contribution in [3.63, 3.8) is 0 Å². The average molecular weight is 414 g/mol. The summed E-state index contributed by atoms with van der Waals surface area (Å²) in [6, 6.07) is 9.52. The Morgan fingerprint density at radius 1 is 1.07 bits per heavy atom.